The average molecular weight is 296 g/mol. The van der Waals surface area contributed by atoms with Gasteiger partial charge in [0.05, 0.1) is 19.8 Å². The Hall–Kier alpha value is -1.66. The number of carbonyl (C=O) groups excluding carboxylic acids is 1. The number of rotatable bonds is 5. The Morgan fingerprint density at radius 3 is 2.81 bits per heavy atom. The minimum atomic E-state index is -0.839. The van der Waals surface area contributed by atoms with Crippen molar-refractivity contribution in [1.29, 1.82) is 0 Å². The Balaban J connectivity index is 2.03. The number of carbonyl (C=O) groups is 1. The minimum absolute atomic E-state index is 0.133. The molecule has 1 atom stereocenters. The highest BCUT2D eigenvalue weighted by Crippen LogP contribution is 2.20. The molecule has 2 rings (SSSR count). The summed E-state index contributed by atoms with van der Waals surface area (Å²) in [7, 11) is 0. The molecular formula is C15H21FN2O3. The number of nitrogens with zero attached hydrogens (tertiary/aromatic N) is 1. The van der Waals surface area contributed by atoms with E-state index in [-0.39, 0.29) is 18.8 Å². The van der Waals surface area contributed by atoms with Gasteiger partial charge in [-0.3, -0.25) is 4.79 Å². The van der Waals surface area contributed by atoms with Gasteiger partial charge in [0.2, 0.25) is 0 Å². The van der Waals surface area contributed by atoms with Gasteiger partial charge >= 0.3 is 5.97 Å². The van der Waals surface area contributed by atoms with E-state index < -0.39 is 12.0 Å². The molecule has 1 fully saturated rings. The molecule has 1 saturated heterocycles. The number of ether oxygens (including phenoxy) is 2. The van der Waals surface area contributed by atoms with Crippen LogP contribution in [0.5, 0.6) is 0 Å². The van der Waals surface area contributed by atoms with Gasteiger partial charge in [0.15, 0.2) is 0 Å². The first-order chi connectivity index (χ1) is 10.1. The third-order valence-electron chi connectivity index (χ3n) is 3.44. The molecule has 1 aromatic carbocycles. The van der Waals surface area contributed by atoms with E-state index in [0.29, 0.717) is 18.8 Å². The molecule has 0 spiro atoms. The van der Waals surface area contributed by atoms with E-state index >= 15 is 0 Å². The fourth-order valence-corrected chi connectivity index (χ4v) is 2.29. The Bertz CT molecular complexity index is 490. The Labute approximate surface area is 123 Å². The van der Waals surface area contributed by atoms with Crippen LogP contribution in [-0.2, 0) is 20.7 Å². The molecule has 1 aliphatic heterocycles. The molecule has 116 valence electrons. The number of morpholine rings is 1. The summed E-state index contributed by atoms with van der Waals surface area (Å²) in [5.74, 6) is -0.854. The van der Waals surface area contributed by atoms with Crippen molar-refractivity contribution in [2.75, 3.05) is 37.8 Å². The van der Waals surface area contributed by atoms with Crippen molar-refractivity contribution >= 4 is 11.7 Å². The number of esters is 1. The van der Waals surface area contributed by atoms with Crippen LogP contribution in [0.25, 0.3) is 0 Å². The first-order valence-electron chi connectivity index (χ1n) is 7.15. The summed E-state index contributed by atoms with van der Waals surface area (Å²) in [6.45, 7) is 4.78. The summed E-state index contributed by atoms with van der Waals surface area (Å²) in [5, 5.41) is 0. The maximum atomic E-state index is 14.1. The van der Waals surface area contributed by atoms with Crippen LogP contribution in [0, 0.1) is 5.82 Å². The molecule has 21 heavy (non-hydrogen) atoms. The molecule has 0 radical (unpaired) electrons. The van der Waals surface area contributed by atoms with Crippen LogP contribution in [0.4, 0.5) is 10.1 Å². The number of hydrogen-bond acceptors (Lipinski definition) is 5. The maximum absolute atomic E-state index is 14.1. The van der Waals surface area contributed by atoms with E-state index in [1.54, 1.807) is 13.0 Å². The van der Waals surface area contributed by atoms with Gasteiger partial charge in [0.1, 0.15) is 11.9 Å². The van der Waals surface area contributed by atoms with Crippen molar-refractivity contribution < 1.29 is 18.7 Å². The van der Waals surface area contributed by atoms with Gasteiger partial charge in [-0.05, 0) is 24.6 Å². The van der Waals surface area contributed by atoms with Gasteiger partial charge < -0.3 is 20.1 Å². The molecule has 0 aromatic heterocycles. The fourth-order valence-electron chi connectivity index (χ4n) is 2.29. The second-order valence-electron chi connectivity index (χ2n) is 4.94. The van der Waals surface area contributed by atoms with Crippen LogP contribution in [-0.4, -0.2) is 44.9 Å². The van der Waals surface area contributed by atoms with Gasteiger partial charge in [-0.15, -0.1) is 0 Å². The Morgan fingerprint density at radius 1 is 1.48 bits per heavy atom. The van der Waals surface area contributed by atoms with E-state index in [4.69, 9.17) is 15.2 Å². The summed E-state index contributed by atoms with van der Waals surface area (Å²) < 4.78 is 24.2. The number of halogens is 1. The van der Waals surface area contributed by atoms with Crippen molar-refractivity contribution in [2.24, 2.45) is 5.73 Å². The lowest BCUT2D eigenvalue weighted by molar-refractivity contribution is -0.144. The largest absolute Gasteiger partial charge is 0.465 e. The predicted octanol–water partition coefficient (Wildman–Crippen LogP) is 1.10. The van der Waals surface area contributed by atoms with Crippen LogP contribution in [0.2, 0.25) is 0 Å². The molecule has 1 heterocycles. The molecule has 5 nitrogen and oxygen atoms in total. The molecule has 1 unspecified atom stereocenters. The van der Waals surface area contributed by atoms with Crippen molar-refractivity contribution in [3.8, 4) is 0 Å². The van der Waals surface area contributed by atoms with E-state index in [0.717, 1.165) is 18.8 Å². The quantitative estimate of drug-likeness (QED) is 0.824. The summed E-state index contributed by atoms with van der Waals surface area (Å²) in [5.41, 5.74) is 6.96. The monoisotopic (exact) mass is 296 g/mol. The number of nitrogens with two attached hydrogens (primary N) is 1. The van der Waals surface area contributed by atoms with Crippen molar-refractivity contribution in [2.45, 2.75) is 19.4 Å². The van der Waals surface area contributed by atoms with E-state index in [2.05, 4.69) is 4.90 Å². The van der Waals surface area contributed by atoms with E-state index in [1.165, 1.54) is 6.07 Å². The predicted molar refractivity (Wildman–Crippen MR) is 77.7 cm³/mol. The van der Waals surface area contributed by atoms with Gasteiger partial charge in [-0.25, -0.2) is 4.39 Å². The lowest BCUT2D eigenvalue weighted by Gasteiger charge is -2.29. The lowest BCUT2D eigenvalue weighted by Crippen LogP contribution is -2.36. The minimum Gasteiger partial charge on any atom is -0.465 e. The Kier molecular flexibility index (Phi) is 5.52. The molecule has 1 aromatic rings. The van der Waals surface area contributed by atoms with Crippen molar-refractivity contribution in [1.82, 2.24) is 0 Å². The molecule has 0 bridgehead atoms. The second kappa shape index (κ2) is 7.38. The van der Waals surface area contributed by atoms with Crippen molar-refractivity contribution in [3.05, 3.63) is 29.6 Å². The summed E-state index contributed by atoms with van der Waals surface area (Å²) in [6, 6.07) is 4.17. The van der Waals surface area contributed by atoms with Gasteiger partial charge in [-0.1, -0.05) is 6.07 Å². The molecule has 6 heteroatoms. The SMILES string of the molecule is CCOC(=O)C(N)Cc1ccc(N2CCOCC2)cc1F. The zero-order chi connectivity index (χ0) is 15.2. The first-order valence-corrected chi connectivity index (χ1v) is 7.15. The number of hydrogen-bond donors (Lipinski definition) is 1. The standard InChI is InChI=1S/C15H21FN2O3/c1-2-21-15(19)14(17)9-11-3-4-12(10-13(11)16)18-5-7-20-8-6-18/h3-4,10,14H,2,5-9,17H2,1H3. The number of benzene rings is 1. The summed E-state index contributed by atoms with van der Waals surface area (Å²) >= 11 is 0. The van der Waals surface area contributed by atoms with Crippen LogP contribution in [0.3, 0.4) is 0 Å². The van der Waals surface area contributed by atoms with E-state index in [9.17, 15) is 9.18 Å². The normalized spacial score (nSPS) is 16.6. The molecule has 0 amide bonds. The highest BCUT2D eigenvalue weighted by Gasteiger charge is 2.18. The Morgan fingerprint density at radius 2 is 2.19 bits per heavy atom. The third-order valence-corrected chi connectivity index (χ3v) is 3.44. The summed E-state index contributed by atoms with van der Waals surface area (Å²) in [4.78, 5) is 13.6. The van der Waals surface area contributed by atoms with Crippen LogP contribution < -0.4 is 10.6 Å². The van der Waals surface area contributed by atoms with E-state index in [1.807, 2.05) is 6.07 Å². The topological polar surface area (TPSA) is 64.8 Å². The molecule has 0 aliphatic carbocycles. The zero-order valence-electron chi connectivity index (χ0n) is 12.2. The third kappa shape index (κ3) is 4.15. The van der Waals surface area contributed by atoms with Crippen molar-refractivity contribution in [3.63, 3.8) is 0 Å². The average Bonchev–Trinajstić information content (AvgIpc) is 2.50. The first kappa shape index (κ1) is 15.7. The van der Waals surface area contributed by atoms with Gasteiger partial charge in [-0.2, -0.15) is 0 Å². The van der Waals surface area contributed by atoms with Gasteiger partial charge in [0, 0.05) is 25.2 Å². The molecule has 1 aliphatic rings. The number of anilines is 1. The molecule has 2 N–H and O–H groups in total. The van der Waals surface area contributed by atoms with Crippen LogP contribution in [0.15, 0.2) is 18.2 Å². The highest BCUT2D eigenvalue weighted by molar-refractivity contribution is 5.75. The lowest BCUT2D eigenvalue weighted by atomic mass is 10.1. The highest BCUT2D eigenvalue weighted by atomic mass is 19.1. The van der Waals surface area contributed by atoms with Gasteiger partial charge in [0.25, 0.3) is 0 Å². The summed E-state index contributed by atoms with van der Waals surface area (Å²) in [6.07, 6.45) is 0.133. The smallest absolute Gasteiger partial charge is 0.323 e. The second-order valence-corrected chi connectivity index (χ2v) is 4.94. The molecule has 0 saturated carbocycles. The van der Waals surface area contributed by atoms with Crippen LogP contribution >= 0.6 is 0 Å². The fraction of sp³-hybridized carbons (Fsp3) is 0.533. The maximum Gasteiger partial charge on any atom is 0.323 e. The van der Waals surface area contributed by atoms with Crippen LogP contribution in [0.1, 0.15) is 12.5 Å². The zero-order valence-corrected chi connectivity index (χ0v) is 12.2. The molecular weight excluding hydrogens is 275 g/mol.